The first-order valence-electron chi connectivity index (χ1n) is 17.9. The summed E-state index contributed by atoms with van der Waals surface area (Å²) in [5.41, 5.74) is 5.33. The van der Waals surface area contributed by atoms with Crippen LogP contribution in [0.5, 0.6) is 0 Å². The zero-order valence-corrected chi connectivity index (χ0v) is 29.2. The molecule has 0 bridgehead atoms. The van der Waals surface area contributed by atoms with Crippen molar-refractivity contribution in [3.63, 3.8) is 0 Å². The highest BCUT2D eigenvalue weighted by molar-refractivity contribution is 7.47. The van der Waals surface area contributed by atoms with E-state index in [2.05, 4.69) is 19.2 Å². The number of phosphoric acid groups is 1. The van der Waals surface area contributed by atoms with Gasteiger partial charge in [0.1, 0.15) is 0 Å². The molecule has 0 aromatic carbocycles. The predicted molar refractivity (Wildman–Crippen MR) is 181 cm³/mol. The smallest absolute Gasteiger partial charge is 0.393 e. The molecule has 0 heterocycles. The van der Waals surface area contributed by atoms with E-state index >= 15 is 0 Å². The monoisotopic (exact) mass is 648 g/mol. The molecule has 9 nitrogen and oxygen atoms in total. The van der Waals surface area contributed by atoms with Crippen molar-refractivity contribution in [2.24, 2.45) is 5.73 Å². The molecule has 44 heavy (non-hydrogen) atoms. The zero-order valence-electron chi connectivity index (χ0n) is 28.3. The molecule has 0 spiro atoms. The summed E-state index contributed by atoms with van der Waals surface area (Å²) in [5, 5.41) is 23.8. The zero-order chi connectivity index (χ0) is 32.7. The fraction of sp³-hybridized carbons (Fsp3) is 0.912. The van der Waals surface area contributed by atoms with Gasteiger partial charge in [0, 0.05) is 6.54 Å². The summed E-state index contributed by atoms with van der Waals surface area (Å²) in [6.45, 7) is 3.93. The first-order valence-corrected chi connectivity index (χ1v) is 19.4. The van der Waals surface area contributed by atoms with E-state index in [0.29, 0.717) is 6.42 Å². The number of nitrogens with two attached hydrogens (primary N) is 1. The summed E-state index contributed by atoms with van der Waals surface area (Å²) in [6.07, 6.45) is 27.2. The molecule has 10 heteroatoms. The second-order valence-electron chi connectivity index (χ2n) is 12.3. The van der Waals surface area contributed by atoms with Crippen LogP contribution in [-0.2, 0) is 18.4 Å². The maximum absolute atomic E-state index is 12.7. The lowest BCUT2D eigenvalue weighted by Gasteiger charge is -2.24. The van der Waals surface area contributed by atoms with Crippen LogP contribution in [0.3, 0.4) is 0 Å². The second-order valence-corrected chi connectivity index (χ2v) is 13.7. The number of unbranched alkanes of at least 4 members (excludes halogenated alkanes) is 19. The molecular formula is C34H69N2O7P. The van der Waals surface area contributed by atoms with Crippen molar-refractivity contribution in [3.05, 3.63) is 12.2 Å². The lowest BCUT2D eigenvalue weighted by molar-refractivity contribution is -0.124. The molecule has 4 atom stereocenters. The molecule has 0 fully saturated rings. The number of carbonyl (C=O) groups excluding carboxylic acids is 1. The van der Waals surface area contributed by atoms with Gasteiger partial charge in [-0.3, -0.25) is 13.8 Å². The topological polar surface area (TPSA) is 151 Å². The van der Waals surface area contributed by atoms with Crippen LogP contribution in [0.15, 0.2) is 12.2 Å². The van der Waals surface area contributed by atoms with Crippen LogP contribution in [0.4, 0.5) is 0 Å². The molecule has 0 aromatic heterocycles. The first-order chi connectivity index (χ1) is 21.3. The van der Waals surface area contributed by atoms with Gasteiger partial charge in [0.15, 0.2) is 0 Å². The number of allylic oxidation sites excluding steroid dienone is 1. The number of amides is 1. The first kappa shape index (κ1) is 43.2. The van der Waals surface area contributed by atoms with Gasteiger partial charge in [-0.1, -0.05) is 148 Å². The van der Waals surface area contributed by atoms with Gasteiger partial charge in [-0.05, 0) is 19.3 Å². The third kappa shape index (κ3) is 28.7. The Labute approximate surface area is 269 Å². The summed E-state index contributed by atoms with van der Waals surface area (Å²) in [4.78, 5) is 22.6. The van der Waals surface area contributed by atoms with Crippen molar-refractivity contribution in [1.82, 2.24) is 5.32 Å². The molecule has 1 amide bonds. The number of carbonyl (C=O) groups is 1. The number of nitrogens with one attached hydrogen (secondary N) is 1. The number of aliphatic hydroxyl groups excluding tert-OH is 2. The SMILES string of the molecule is CCCCCCCCCCC/C=C/C(O)C(COP(=O)(O)OCCN)NC(=O)CC(O)CCCCCCCCCCCCC. The molecule has 0 aliphatic heterocycles. The molecule has 0 saturated heterocycles. The highest BCUT2D eigenvalue weighted by Gasteiger charge is 2.27. The fourth-order valence-electron chi connectivity index (χ4n) is 5.17. The molecule has 0 radical (unpaired) electrons. The minimum atomic E-state index is -4.38. The average molecular weight is 649 g/mol. The van der Waals surface area contributed by atoms with Crippen LogP contribution >= 0.6 is 7.82 Å². The highest BCUT2D eigenvalue weighted by Crippen LogP contribution is 2.43. The number of rotatable bonds is 33. The standard InChI is InChI=1S/C34H69N2O7P/c1-3-5-7-9-11-13-15-17-19-21-23-25-31(37)29-34(39)36-32(30-43-44(40,41)42-28-27-35)33(38)26-24-22-20-18-16-14-12-10-8-6-4-2/h24,26,31-33,37-38H,3-23,25,27-30,35H2,1-2H3,(H,36,39)(H,40,41)/b26-24+. The Morgan fingerprint density at radius 1 is 0.773 bits per heavy atom. The summed E-state index contributed by atoms with van der Waals surface area (Å²) in [6, 6.07) is -0.974. The van der Waals surface area contributed by atoms with Gasteiger partial charge in [-0.25, -0.2) is 4.57 Å². The quantitative estimate of drug-likeness (QED) is 0.0274. The third-order valence-corrected chi connectivity index (χ3v) is 8.90. The molecule has 262 valence electrons. The number of aliphatic hydroxyl groups is 2. The number of phosphoric ester groups is 1. The Balaban J connectivity index is 4.48. The van der Waals surface area contributed by atoms with Crippen molar-refractivity contribution in [2.45, 2.75) is 180 Å². The van der Waals surface area contributed by atoms with Gasteiger partial charge in [0.05, 0.1) is 37.9 Å². The van der Waals surface area contributed by atoms with E-state index in [4.69, 9.17) is 14.8 Å². The summed E-state index contributed by atoms with van der Waals surface area (Å²) in [7, 11) is -4.38. The van der Waals surface area contributed by atoms with E-state index < -0.39 is 38.6 Å². The number of hydrogen-bond acceptors (Lipinski definition) is 7. The van der Waals surface area contributed by atoms with Crippen molar-refractivity contribution < 1.29 is 33.5 Å². The second kappa shape index (κ2) is 30.8. The average Bonchev–Trinajstić information content (AvgIpc) is 2.99. The van der Waals surface area contributed by atoms with Crippen LogP contribution in [-0.4, -0.2) is 59.0 Å². The normalized spacial score (nSPS) is 15.3. The molecule has 0 rings (SSSR count). The van der Waals surface area contributed by atoms with Crippen LogP contribution in [0.2, 0.25) is 0 Å². The van der Waals surface area contributed by atoms with Crippen LogP contribution in [0.25, 0.3) is 0 Å². The van der Waals surface area contributed by atoms with Gasteiger partial charge in [0.2, 0.25) is 5.91 Å². The predicted octanol–water partition coefficient (Wildman–Crippen LogP) is 7.85. The van der Waals surface area contributed by atoms with E-state index in [9.17, 15) is 24.5 Å². The van der Waals surface area contributed by atoms with Gasteiger partial charge in [-0.15, -0.1) is 0 Å². The van der Waals surface area contributed by atoms with Crippen LogP contribution in [0.1, 0.15) is 162 Å². The van der Waals surface area contributed by atoms with E-state index in [1.165, 1.54) is 96.3 Å². The Bertz CT molecular complexity index is 726. The summed E-state index contributed by atoms with van der Waals surface area (Å²) < 4.78 is 21.9. The minimum absolute atomic E-state index is 0.0509. The van der Waals surface area contributed by atoms with Gasteiger partial charge in [0.25, 0.3) is 0 Å². The van der Waals surface area contributed by atoms with Crippen LogP contribution < -0.4 is 11.1 Å². The lowest BCUT2D eigenvalue weighted by atomic mass is 10.0. The van der Waals surface area contributed by atoms with E-state index in [1.807, 2.05) is 6.08 Å². The minimum Gasteiger partial charge on any atom is -0.393 e. The molecule has 0 aliphatic carbocycles. The van der Waals surface area contributed by atoms with Gasteiger partial charge in [-0.2, -0.15) is 0 Å². The maximum Gasteiger partial charge on any atom is 0.472 e. The molecule has 6 N–H and O–H groups in total. The summed E-state index contributed by atoms with van der Waals surface area (Å²) >= 11 is 0. The fourth-order valence-corrected chi connectivity index (χ4v) is 5.93. The molecular weight excluding hydrogens is 579 g/mol. The molecule has 4 unspecified atom stereocenters. The van der Waals surface area contributed by atoms with E-state index in [1.54, 1.807) is 6.08 Å². The van der Waals surface area contributed by atoms with E-state index in [0.717, 1.165) is 38.5 Å². The van der Waals surface area contributed by atoms with Crippen molar-refractivity contribution in [2.75, 3.05) is 19.8 Å². The maximum atomic E-state index is 12.7. The van der Waals surface area contributed by atoms with Crippen molar-refractivity contribution in [1.29, 1.82) is 0 Å². The Morgan fingerprint density at radius 3 is 1.75 bits per heavy atom. The molecule has 0 aliphatic rings. The van der Waals surface area contributed by atoms with Gasteiger partial charge >= 0.3 is 7.82 Å². The van der Waals surface area contributed by atoms with Crippen LogP contribution in [0, 0.1) is 0 Å². The largest absolute Gasteiger partial charge is 0.472 e. The Morgan fingerprint density at radius 2 is 1.25 bits per heavy atom. The van der Waals surface area contributed by atoms with Crippen molar-refractivity contribution >= 4 is 13.7 Å². The highest BCUT2D eigenvalue weighted by atomic mass is 31.2. The van der Waals surface area contributed by atoms with Crippen molar-refractivity contribution in [3.8, 4) is 0 Å². The number of hydrogen-bond donors (Lipinski definition) is 5. The molecule has 0 saturated carbocycles. The Hall–Kier alpha value is -0.800. The van der Waals surface area contributed by atoms with E-state index in [-0.39, 0.29) is 19.6 Å². The molecule has 0 aromatic rings. The summed E-state index contributed by atoms with van der Waals surface area (Å²) in [5.74, 6) is -0.448. The Kier molecular flexibility index (Phi) is 30.3. The third-order valence-electron chi connectivity index (χ3n) is 7.92. The van der Waals surface area contributed by atoms with Gasteiger partial charge < -0.3 is 26.2 Å². The lowest BCUT2D eigenvalue weighted by Crippen LogP contribution is -2.46.